The molecule has 1 atom stereocenters. The molecule has 0 spiro atoms. The fraction of sp³-hybridized carbons (Fsp3) is 0.923. The van der Waals surface area contributed by atoms with E-state index in [9.17, 15) is 4.79 Å². The summed E-state index contributed by atoms with van der Waals surface area (Å²) in [5.74, 6) is 0.324. The molecular weight excluding hydrogens is 282 g/mol. The van der Waals surface area contributed by atoms with Gasteiger partial charge in [-0.25, -0.2) is 0 Å². The first kappa shape index (κ1) is 13.3. The predicted octanol–water partition coefficient (Wildman–Crippen LogP) is 2.72. The van der Waals surface area contributed by atoms with Crippen LogP contribution in [0.4, 0.5) is 0 Å². The van der Waals surface area contributed by atoms with Crippen molar-refractivity contribution in [2.75, 3.05) is 18.5 Å². The highest BCUT2D eigenvalue weighted by Crippen LogP contribution is 2.26. The standard InChI is InChI=1S/C13H22BrNO2/c14-8-9-15(11-3-1-4-11)13(16)7-6-12-5-2-10-17-12/h11-12H,1-10H2. The lowest BCUT2D eigenvalue weighted by molar-refractivity contribution is -0.135. The Bertz CT molecular complexity index is 250. The third-order valence-electron chi connectivity index (χ3n) is 3.87. The Morgan fingerprint density at radius 2 is 2.12 bits per heavy atom. The number of carbonyl (C=O) groups is 1. The minimum atomic E-state index is 0.324. The Labute approximate surface area is 112 Å². The topological polar surface area (TPSA) is 29.5 Å². The van der Waals surface area contributed by atoms with Gasteiger partial charge in [-0.2, -0.15) is 0 Å². The van der Waals surface area contributed by atoms with Gasteiger partial charge in [-0.15, -0.1) is 0 Å². The number of rotatable bonds is 6. The number of halogens is 1. The lowest BCUT2D eigenvalue weighted by Crippen LogP contribution is -2.45. The van der Waals surface area contributed by atoms with Crippen molar-refractivity contribution in [1.82, 2.24) is 4.90 Å². The second kappa shape index (κ2) is 6.74. The summed E-state index contributed by atoms with van der Waals surface area (Å²) in [7, 11) is 0. The van der Waals surface area contributed by atoms with Gasteiger partial charge in [-0.05, 0) is 38.5 Å². The summed E-state index contributed by atoms with van der Waals surface area (Å²) in [6.07, 6.45) is 7.87. The third-order valence-corrected chi connectivity index (χ3v) is 4.22. The van der Waals surface area contributed by atoms with Crippen molar-refractivity contribution in [1.29, 1.82) is 0 Å². The molecule has 1 unspecified atom stereocenters. The molecule has 1 saturated carbocycles. The molecule has 0 aromatic rings. The highest BCUT2D eigenvalue weighted by atomic mass is 79.9. The highest BCUT2D eigenvalue weighted by Gasteiger charge is 2.28. The van der Waals surface area contributed by atoms with E-state index in [4.69, 9.17) is 4.74 Å². The van der Waals surface area contributed by atoms with Gasteiger partial charge in [0.15, 0.2) is 0 Å². The number of alkyl halides is 1. The van der Waals surface area contributed by atoms with Gasteiger partial charge in [-0.1, -0.05) is 15.9 Å². The Balaban J connectivity index is 1.74. The van der Waals surface area contributed by atoms with E-state index in [0.29, 0.717) is 24.5 Å². The van der Waals surface area contributed by atoms with Crippen LogP contribution in [0.3, 0.4) is 0 Å². The molecule has 2 aliphatic rings. The molecule has 1 heterocycles. The Morgan fingerprint density at radius 1 is 1.29 bits per heavy atom. The van der Waals surface area contributed by atoms with E-state index in [0.717, 1.165) is 37.7 Å². The molecule has 3 nitrogen and oxygen atoms in total. The van der Waals surface area contributed by atoms with Gasteiger partial charge in [0, 0.05) is 30.9 Å². The molecule has 0 aromatic carbocycles. The van der Waals surface area contributed by atoms with Crippen LogP contribution in [0.15, 0.2) is 0 Å². The Hall–Kier alpha value is -0.0900. The van der Waals surface area contributed by atoms with Crippen molar-refractivity contribution in [2.45, 2.75) is 57.1 Å². The van der Waals surface area contributed by atoms with E-state index in [1.807, 2.05) is 0 Å². The van der Waals surface area contributed by atoms with Crippen LogP contribution in [-0.4, -0.2) is 41.4 Å². The molecule has 1 aliphatic heterocycles. The maximum absolute atomic E-state index is 12.2. The first-order valence-electron chi connectivity index (χ1n) is 6.78. The molecule has 4 heteroatoms. The Kier molecular flexibility index (Phi) is 5.29. The molecule has 98 valence electrons. The van der Waals surface area contributed by atoms with Crippen molar-refractivity contribution in [3.8, 4) is 0 Å². The van der Waals surface area contributed by atoms with Crippen molar-refractivity contribution in [2.24, 2.45) is 0 Å². The molecule has 0 radical (unpaired) electrons. The first-order chi connectivity index (χ1) is 8.31. The van der Waals surface area contributed by atoms with Crippen LogP contribution in [0.5, 0.6) is 0 Å². The maximum Gasteiger partial charge on any atom is 0.222 e. The highest BCUT2D eigenvalue weighted by molar-refractivity contribution is 9.09. The van der Waals surface area contributed by atoms with E-state index in [-0.39, 0.29) is 0 Å². The smallest absolute Gasteiger partial charge is 0.222 e. The van der Waals surface area contributed by atoms with Crippen LogP contribution in [0.2, 0.25) is 0 Å². The minimum absolute atomic E-state index is 0.324. The summed E-state index contributed by atoms with van der Waals surface area (Å²) >= 11 is 3.44. The van der Waals surface area contributed by atoms with Gasteiger partial charge in [0.25, 0.3) is 0 Å². The van der Waals surface area contributed by atoms with Crippen LogP contribution in [0.25, 0.3) is 0 Å². The zero-order chi connectivity index (χ0) is 12.1. The van der Waals surface area contributed by atoms with Gasteiger partial charge in [0.1, 0.15) is 0 Å². The summed E-state index contributed by atoms with van der Waals surface area (Å²) in [4.78, 5) is 14.3. The number of amides is 1. The molecule has 2 fully saturated rings. The summed E-state index contributed by atoms with van der Waals surface area (Å²) in [5, 5.41) is 0.884. The second-order valence-corrected chi connectivity index (χ2v) is 5.83. The van der Waals surface area contributed by atoms with Crippen LogP contribution in [0, 0.1) is 0 Å². The van der Waals surface area contributed by atoms with E-state index >= 15 is 0 Å². The molecule has 1 saturated heterocycles. The van der Waals surface area contributed by atoms with Crippen LogP contribution in [-0.2, 0) is 9.53 Å². The average Bonchev–Trinajstić information content (AvgIpc) is 2.75. The molecule has 0 bridgehead atoms. The largest absolute Gasteiger partial charge is 0.378 e. The Morgan fingerprint density at radius 3 is 2.65 bits per heavy atom. The minimum Gasteiger partial charge on any atom is -0.378 e. The number of hydrogen-bond donors (Lipinski definition) is 0. The monoisotopic (exact) mass is 303 g/mol. The van der Waals surface area contributed by atoms with E-state index in [1.54, 1.807) is 0 Å². The number of hydrogen-bond acceptors (Lipinski definition) is 2. The van der Waals surface area contributed by atoms with E-state index in [1.165, 1.54) is 19.3 Å². The molecular formula is C13H22BrNO2. The van der Waals surface area contributed by atoms with Crippen LogP contribution >= 0.6 is 15.9 Å². The van der Waals surface area contributed by atoms with E-state index in [2.05, 4.69) is 20.8 Å². The van der Waals surface area contributed by atoms with Crippen molar-refractivity contribution >= 4 is 21.8 Å². The summed E-state index contributed by atoms with van der Waals surface area (Å²) in [6.45, 7) is 1.74. The zero-order valence-corrected chi connectivity index (χ0v) is 12.0. The fourth-order valence-electron chi connectivity index (χ4n) is 2.60. The zero-order valence-electron chi connectivity index (χ0n) is 10.4. The van der Waals surface area contributed by atoms with Gasteiger partial charge in [-0.3, -0.25) is 4.79 Å². The third kappa shape index (κ3) is 3.68. The molecule has 0 N–H and O–H groups in total. The van der Waals surface area contributed by atoms with Gasteiger partial charge < -0.3 is 9.64 Å². The van der Waals surface area contributed by atoms with Crippen molar-refractivity contribution < 1.29 is 9.53 Å². The molecule has 2 rings (SSSR count). The van der Waals surface area contributed by atoms with Crippen LogP contribution < -0.4 is 0 Å². The summed E-state index contributed by atoms with van der Waals surface area (Å²) < 4.78 is 5.56. The number of ether oxygens (including phenoxy) is 1. The molecule has 1 amide bonds. The maximum atomic E-state index is 12.2. The summed E-state index contributed by atoms with van der Waals surface area (Å²) in [5.41, 5.74) is 0. The molecule has 17 heavy (non-hydrogen) atoms. The lowest BCUT2D eigenvalue weighted by atomic mass is 9.91. The van der Waals surface area contributed by atoms with Gasteiger partial charge in [0.2, 0.25) is 5.91 Å². The quantitative estimate of drug-likeness (QED) is 0.706. The first-order valence-corrected chi connectivity index (χ1v) is 7.90. The second-order valence-electron chi connectivity index (χ2n) is 5.03. The molecule has 0 aromatic heterocycles. The van der Waals surface area contributed by atoms with Crippen molar-refractivity contribution in [3.05, 3.63) is 0 Å². The van der Waals surface area contributed by atoms with E-state index < -0.39 is 0 Å². The number of carbonyl (C=O) groups excluding carboxylic acids is 1. The molecule has 1 aliphatic carbocycles. The normalized spacial score (nSPS) is 24.6. The number of nitrogens with zero attached hydrogens (tertiary/aromatic N) is 1. The summed E-state index contributed by atoms with van der Waals surface area (Å²) in [6, 6.07) is 0.518. The average molecular weight is 304 g/mol. The van der Waals surface area contributed by atoms with Gasteiger partial charge >= 0.3 is 0 Å². The van der Waals surface area contributed by atoms with Crippen LogP contribution in [0.1, 0.15) is 44.9 Å². The predicted molar refractivity (Wildman–Crippen MR) is 71.4 cm³/mol. The van der Waals surface area contributed by atoms with Gasteiger partial charge in [0.05, 0.1) is 6.10 Å². The van der Waals surface area contributed by atoms with Crippen molar-refractivity contribution in [3.63, 3.8) is 0 Å². The SMILES string of the molecule is O=C(CCC1CCCO1)N(CCBr)C1CCC1. The lowest BCUT2D eigenvalue weighted by Gasteiger charge is -2.37. The fourth-order valence-corrected chi connectivity index (χ4v) is 2.98.